The third kappa shape index (κ3) is 3.16. The number of hydrogen-bond acceptors (Lipinski definition) is 3. The van der Waals surface area contributed by atoms with Gasteiger partial charge in [-0.05, 0) is 31.6 Å². The highest BCUT2D eigenvalue weighted by Crippen LogP contribution is 2.42. The summed E-state index contributed by atoms with van der Waals surface area (Å²) in [7, 11) is 0. The Morgan fingerprint density at radius 2 is 1.94 bits per heavy atom. The van der Waals surface area contributed by atoms with Gasteiger partial charge in [0, 0.05) is 18.6 Å². The minimum Gasteiger partial charge on any atom is -0.381 e. The molecule has 2 aliphatic rings. The quantitative estimate of drug-likeness (QED) is 0.608. The lowest BCUT2D eigenvalue weighted by Crippen LogP contribution is -2.48. The van der Waals surface area contributed by atoms with E-state index in [1.807, 2.05) is 0 Å². The van der Waals surface area contributed by atoms with Crippen LogP contribution in [0.25, 0.3) is 0 Å². The maximum absolute atomic E-state index is 12.8. The Kier molecular flexibility index (Phi) is 4.50. The number of ether oxygens (including phenoxy) is 1. The van der Waals surface area contributed by atoms with Crippen molar-refractivity contribution in [3.8, 4) is 0 Å². The maximum atomic E-state index is 12.8. The van der Waals surface area contributed by atoms with Crippen LogP contribution in [-0.2, 0) is 4.74 Å². The number of rotatable bonds is 3. The largest absolute Gasteiger partial charge is 0.391 e. The van der Waals surface area contributed by atoms with E-state index in [-0.39, 0.29) is 30.7 Å². The summed E-state index contributed by atoms with van der Waals surface area (Å²) in [6, 6.07) is -0.0438. The third-order valence-corrected chi connectivity index (χ3v) is 4.35. The second-order valence-electron chi connectivity index (χ2n) is 5.48. The fourth-order valence-corrected chi connectivity index (χ4v) is 3.34. The predicted molar refractivity (Wildman–Crippen MR) is 61.5 cm³/mol. The molecule has 0 bridgehead atoms. The average Bonchev–Trinajstić information content (AvgIpc) is 2.83. The lowest BCUT2D eigenvalue weighted by Gasteiger charge is -2.37. The van der Waals surface area contributed by atoms with E-state index < -0.39 is 12.1 Å². The SMILES string of the molecule is NNC(C1CCOC1)C1CCCC(C(F)(F)F)C1. The molecule has 3 nitrogen and oxygen atoms in total. The van der Waals surface area contributed by atoms with Crippen molar-refractivity contribution in [3.63, 3.8) is 0 Å². The van der Waals surface area contributed by atoms with Crippen LogP contribution in [0.2, 0.25) is 0 Å². The standard InChI is InChI=1S/C12H21F3N2O/c13-12(14,15)10-3-1-2-8(6-10)11(17-16)9-4-5-18-7-9/h8-11,17H,1-7,16H2. The zero-order chi connectivity index (χ0) is 13.2. The lowest BCUT2D eigenvalue weighted by molar-refractivity contribution is -0.187. The first-order chi connectivity index (χ1) is 8.52. The molecule has 1 aliphatic carbocycles. The van der Waals surface area contributed by atoms with E-state index in [1.54, 1.807) is 0 Å². The van der Waals surface area contributed by atoms with Crippen LogP contribution in [-0.4, -0.2) is 25.4 Å². The first kappa shape index (κ1) is 14.1. The Labute approximate surface area is 105 Å². The van der Waals surface area contributed by atoms with E-state index in [2.05, 4.69) is 5.43 Å². The number of hydrogen-bond donors (Lipinski definition) is 2. The fourth-order valence-electron chi connectivity index (χ4n) is 3.34. The van der Waals surface area contributed by atoms with Crippen molar-refractivity contribution >= 4 is 0 Å². The Hall–Kier alpha value is -0.330. The van der Waals surface area contributed by atoms with Crippen LogP contribution in [0, 0.1) is 17.8 Å². The molecule has 0 aromatic heterocycles. The van der Waals surface area contributed by atoms with Crippen LogP contribution in [0.1, 0.15) is 32.1 Å². The van der Waals surface area contributed by atoms with Crippen molar-refractivity contribution in [1.82, 2.24) is 5.43 Å². The van der Waals surface area contributed by atoms with Gasteiger partial charge in [-0.1, -0.05) is 6.42 Å². The number of nitrogens with one attached hydrogen (secondary N) is 1. The van der Waals surface area contributed by atoms with Gasteiger partial charge in [-0.25, -0.2) is 0 Å². The summed E-state index contributed by atoms with van der Waals surface area (Å²) in [5, 5.41) is 0. The molecule has 1 saturated heterocycles. The maximum Gasteiger partial charge on any atom is 0.391 e. The highest BCUT2D eigenvalue weighted by atomic mass is 19.4. The van der Waals surface area contributed by atoms with Crippen molar-refractivity contribution in [3.05, 3.63) is 0 Å². The number of halogens is 3. The molecule has 0 spiro atoms. The molecule has 2 fully saturated rings. The van der Waals surface area contributed by atoms with Crippen LogP contribution < -0.4 is 11.3 Å². The molecule has 0 aromatic rings. The minimum atomic E-state index is -4.07. The van der Waals surface area contributed by atoms with Gasteiger partial charge < -0.3 is 4.74 Å². The van der Waals surface area contributed by atoms with Gasteiger partial charge in [-0.3, -0.25) is 11.3 Å². The smallest absolute Gasteiger partial charge is 0.381 e. The van der Waals surface area contributed by atoms with Crippen LogP contribution >= 0.6 is 0 Å². The average molecular weight is 266 g/mol. The highest BCUT2D eigenvalue weighted by molar-refractivity contribution is 4.89. The molecule has 0 aromatic carbocycles. The van der Waals surface area contributed by atoms with E-state index in [4.69, 9.17) is 10.6 Å². The summed E-state index contributed by atoms with van der Waals surface area (Å²) in [5.41, 5.74) is 2.74. The number of hydrazine groups is 1. The summed E-state index contributed by atoms with van der Waals surface area (Å²) >= 11 is 0. The van der Waals surface area contributed by atoms with Gasteiger partial charge in [-0.2, -0.15) is 13.2 Å². The van der Waals surface area contributed by atoms with E-state index >= 15 is 0 Å². The molecular weight excluding hydrogens is 245 g/mol. The summed E-state index contributed by atoms with van der Waals surface area (Å²) in [6.07, 6.45) is -1.24. The third-order valence-electron chi connectivity index (χ3n) is 4.35. The molecule has 1 saturated carbocycles. The summed E-state index contributed by atoms with van der Waals surface area (Å²) < 4.78 is 43.7. The zero-order valence-corrected chi connectivity index (χ0v) is 10.4. The lowest BCUT2D eigenvalue weighted by atomic mass is 9.74. The highest BCUT2D eigenvalue weighted by Gasteiger charge is 2.44. The summed E-state index contributed by atoms with van der Waals surface area (Å²) in [6.45, 7) is 1.31. The van der Waals surface area contributed by atoms with Gasteiger partial charge >= 0.3 is 6.18 Å². The molecular formula is C12H21F3N2O. The van der Waals surface area contributed by atoms with Gasteiger partial charge in [0.15, 0.2) is 0 Å². The summed E-state index contributed by atoms with van der Waals surface area (Å²) in [4.78, 5) is 0. The van der Waals surface area contributed by atoms with Gasteiger partial charge in [0.25, 0.3) is 0 Å². The number of alkyl halides is 3. The molecule has 6 heteroatoms. The van der Waals surface area contributed by atoms with Crippen LogP contribution in [0.3, 0.4) is 0 Å². The minimum absolute atomic E-state index is 0.0158. The number of nitrogens with two attached hydrogens (primary N) is 1. The molecule has 1 heterocycles. The van der Waals surface area contributed by atoms with Crippen molar-refractivity contribution in [2.75, 3.05) is 13.2 Å². The van der Waals surface area contributed by atoms with E-state index in [0.29, 0.717) is 19.6 Å². The van der Waals surface area contributed by atoms with Crippen molar-refractivity contribution in [2.45, 2.75) is 44.3 Å². The first-order valence-electron chi connectivity index (χ1n) is 6.63. The molecule has 2 rings (SSSR count). The van der Waals surface area contributed by atoms with Crippen LogP contribution in [0.4, 0.5) is 13.2 Å². The van der Waals surface area contributed by atoms with E-state index in [9.17, 15) is 13.2 Å². The first-order valence-corrected chi connectivity index (χ1v) is 6.63. The second-order valence-corrected chi connectivity index (χ2v) is 5.48. The van der Waals surface area contributed by atoms with Crippen molar-refractivity contribution < 1.29 is 17.9 Å². The predicted octanol–water partition coefficient (Wildman–Crippen LogP) is 2.22. The molecule has 3 N–H and O–H groups in total. The Bertz CT molecular complexity index is 267. The van der Waals surface area contributed by atoms with Gasteiger partial charge in [0.05, 0.1) is 12.5 Å². The molecule has 106 valence electrons. The Morgan fingerprint density at radius 1 is 1.17 bits per heavy atom. The van der Waals surface area contributed by atoms with Crippen LogP contribution in [0.5, 0.6) is 0 Å². The molecule has 0 amide bonds. The Morgan fingerprint density at radius 3 is 2.50 bits per heavy atom. The Balaban J connectivity index is 1.97. The molecule has 4 atom stereocenters. The fraction of sp³-hybridized carbons (Fsp3) is 1.00. The van der Waals surface area contributed by atoms with Crippen molar-refractivity contribution in [2.24, 2.45) is 23.6 Å². The van der Waals surface area contributed by atoms with Crippen molar-refractivity contribution in [1.29, 1.82) is 0 Å². The second kappa shape index (κ2) is 5.75. The topological polar surface area (TPSA) is 47.3 Å². The van der Waals surface area contributed by atoms with Gasteiger partial charge in [0.1, 0.15) is 0 Å². The van der Waals surface area contributed by atoms with E-state index in [0.717, 1.165) is 12.8 Å². The molecule has 18 heavy (non-hydrogen) atoms. The van der Waals surface area contributed by atoms with Gasteiger partial charge in [0.2, 0.25) is 0 Å². The van der Waals surface area contributed by atoms with E-state index in [1.165, 1.54) is 0 Å². The van der Waals surface area contributed by atoms with Crippen LogP contribution in [0.15, 0.2) is 0 Å². The molecule has 1 aliphatic heterocycles. The normalized spacial score (nSPS) is 35.7. The van der Waals surface area contributed by atoms with Gasteiger partial charge in [-0.15, -0.1) is 0 Å². The monoisotopic (exact) mass is 266 g/mol. The molecule has 4 unspecified atom stereocenters. The summed E-state index contributed by atoms with van der Waals surface area (Å²) in [5.74, 6) is 4.67. The zero-order valence-electron chi connectivity index (χ0n) is 10.4. The molecule has 0 radical (unpaired) electrons.